The molecule has 0 bridgehead atoms. The first-order chi connectivity index (χ1) is 7.90. The summed E-state index contributed by atoms with van der Waals surface area (Å²) in [7, 11) is 1.92. The molecule has 0 saturated carbocycles. The maximum atomic E-state index is 5.68. The molecule has 1 aromatic heterocycles. The first kappa shape index (κ1) is 11.4. The minimum atomic E-state index is 0.123. The van der Waals surface area contributed by atoms with Crippen LogP contribution in [0.3, 0.4) is 0 Å². The van der Waals surface area contributed by atoms with Crippen LogP contribution in [-0.2, 0) is 11.2 Å². The Kier molecular flexibility index (Phi) is 4.18. The van der Waals surface area contributed by atoms with Crippen LogP contribution in [0.25, 0.3) is 0 Å². The SMILES string of the molecule is CNCCc1nncc(C2CCCCO2)n1. The van der Waals surface area contributed by atoms with Crippen LogP contribution in [0.2, 0.25) is 0 Å². The molecule has 88 valence electrons. The van der Waals surface area contributed by atoms with Crippen LogP contribution in [0.1, 0.15) is 36.9 Å². The van der Waals surface area contributed by atoms with Crippen molar-refractivity contribution in [2.24, 2.45) is 0 Å². The number of nitrogens with one attached hydrogen (secondary N) is 1. The van der Waals surface area contributed by atoms with Gasteiger partial charge in [0.2, 0.25) is 0 Å². The first-order valence-corrected chi connectivity index (χ1v) is 5.85. The first-order valence-electron chi connectivity index (χ1n) is 5.85. The van der Waals surface area contributed by atoms with Gasteiger partial charge >= 0.3 is 0 Å². The van der Waals surface area contributed by atoms with Gasteiger partial charge in [-0.1, -0.05) is 0 Å². The fourth-order valence-corrected chi connectivity index (χ4v) is 1.83. The zero-order chi connectivity index (χ0) is 11.2. The average Bonchev–Trinajstić information content (AvgIpc) is 2.38. The summed E-state index contributed by atoms with van der Waals surface area (Å²) in [4.78, 5) is 4.50. The minimum absolute atomic E-state index is 0.123. The third-order valence-corrected chi connectivity index (χ3v) is 2.73. The van der Waals surface area contributed by atoms with Crippen molar-refractivity contribution in [3.63, 3.8) is 0 Å². The zero-order valence-electron chi connectivity index (χ0n) is 9.65. The number of aromatic nitrogens is 3. The largest absolute Gasteiger partial charge is 0.372 e. The maximum Gasteiger partial charge on any atom is 0.152 e. The third-order valence-electron chi connectivity index (χ3n) is 2.73. The van der Waals surface area contributed by atoms with Gasteiger partial charge < -0.3 is 10.1 Å². The molecule has 1 saturated heterocycles. The third kappa shape index (κ3) is 2.96. The van der Waals surface area contributed by atoms with E-state index >= 15 is 0 Å². The van der Waals surface area contributed by atoms with Gasteiger partial charge in [-0.05, 0) is 26.3 Å². The van der Waals surface area contributed by atoms with Gasteiger partial charge in [-0.2, -0.15) is 5.10 Å². The van der Waals surface area contributed by atoms with Crippen LogP contribution >= 0.6 is 0 Å². The Bertz CT molecular complexity index is 326. The fourth-order valence-electron chi connectivity index (χ4n) is 1.83. The summed E-state index contributed by atoms with van der Waals surface area (Å²) in [5, 5.41) is 11.1. The van der Waals surface area contributed by atoms with Gasteiger partial charge in [0.1, 0.15) is 6.10 Å². The Morgan fingerprint density at radius 1 is 1.50 bits per heavy atom. The lowest BCUT2D eigenvalue weighted by atomic mass is 10.1. The lowest BCUT2D eigenvalue weighted by molar-refractivity contribution is 0.0118. The molecule has 5 heteroatoms. The van der Waals surface area contributed by atoms with E-state index in [9.17, 15) is 0 Å². The number of hydrogen-bond donors (Lipinski definition) is 1. The van der Waals surface area contributed by atoms with E-state index in [1.807, 2.05) is 7.05 Å². The van der Waals surface area contributed by atoms with Crippen LogP contribution in [0.5, 0.6) is 0 Å². The van der Waals surface area contributed by atoms with Crippen LogP contribution in [0.15, 0.2) is 6.20 Å². The van der Waals surface area contributed by atoms with E-state index < -0.39 is 0 Å². The van der Waals surface area contributed by atoms with Crippen LogP contribution < -0.4 is 5.32 Å². The molecule has 0 amide bonds. The quantitative estimate of drug-likeness (QED) is 0.819. The second kappa shape index (κ2) is 5.86. The van der Waals surface area contributed by atoms with Crippen molar-refractivity contribution in [1.82, 2.24) is 20.5 Å². The normalized spacial score (nSPS) is 20.9. The Labute approximate surface area is 95.6 Å². The second-order valence-corrected chi connectivity index (χ2v) is 4.01. The zero-order valence-corrected chi connectivity index (χ0v) is 9.65. The molecule has 1 N–H and O–H groups in total. The number of nitrogens with zero attached hydrogens (tertiary/aromatic N) is 3. The number of likely N-dealkylation sites (N-methyl/N-ethyl adjacent to an activating group) is 1. The number of hydrogen-bond acceptors (Lipinski definition) is 5. The second-order valence-electron chi connectivity index (χ2n) is 4.01. The van der Waals surface area contributed by atoms with E-state index in [1.54, 1.807) is 6.20 Å². The molecule has 1 atom stereocenters. The van der Waals surface area contributed by atoms with Crippen molar-refractivity contribution < 1.29 is 4.74 Å². The smallest absolute Gasteiger partial charge is 0.152 e. The van der Waals surface area contributed by atoms with Gasteiger partial charge in [-0.3, -0.25) is 0 Å². The monoisotopic (exact) mass is 222 g/mol. The van der Waals surface area contributed by atoms with E-state index in [0.717, 1.165) is 43.9 Å². The molecule has 2 rings (SSSR count). The van der Waals surface area contributed by atoms with E-state index in [1.165, 1.54) is 6.42 Å². The minimum Gasteiger partial charge on any atom is -0.372 e. The highest BCUT2D eigenvalue weighted by Crippen LogP contribution is 2.25. The van der Waals surface area contributed by atoms with Gasteiger partial charge in [0.15, 0.2) is 5.82 Å². The van der Waals surface area contributed by atoms with Crippen molar-refractivity contribution in [3.05, 3.63) is 17.7 Å². The molecule has 0 radical (unpaired) electrons. The molecule has 16 heavy (non-hydrogen) atoms. The highest BCUT2D eigenvalue weighted by molar-refractivity contribution is 5.02. The molecular weight excluding hydrogens is 204 g/mol. The van der Waals surface area contributed by atoms with Gasteiger partial charge in [0, 0.05) is 19.6 Å². The molecule has 0 aliphatic carbocycles. The highest BCUT2D eigenvalue weighted by atomic mass is 16.5. The summed E-state index contributed by atoms with van der Waals surface area (Å²) in [6.45, 7) is 1.71. The molecule has 0 spiro atoms. The Balaban J connectivity index is 2.02. The average molecular weight is 222 g/mol. The summed E-state index contributed by atoms with van der Waals surface area (Å²) < 4.78 is 5.68. The molecule has 1 aromatic rings. The summed E-state index contributed by atoms with van der Waals surface area (Å²) in [6.07, 6.45) is 6.06. The standard InChI is InChI=1S/C11H18N4O/c1-12-6-5-11-14-9(8-13-15-11)10-4-2-3-7-16-10/h8,10,12H,2-7H2,1H3. The van der Waals surface area contributed by atoms with Gasteiger partial charge in [-0.25, -0.2) is 4.98 Å². The summed E-state index contributed by atoms with van der Waals surface area (Å²) in [5.74, 6) is 0.793. The van der Waals surface area contributed by atoms with Crippen molar-refractivity contribution in [2.75, 3.05) is 20.2 Å². The van der Waals surface area contributed by atoms with Crippen LogP contribution in [-0.4, -0.2) is 35.4 Å². The molecule has 1 fully saturated rings. The molecule has 5 nitrogen and oxygen atoms in total. The van der Waals surface area contributed by atoms with Crippen molar-refractivity contribution in [3.8, 4) is 0 Å². The lowest BCUT2D eigenvalue weighted by Gasteiger charge is -2.21. The predicted octanol–water partition coefficient (Wildman–Crippen LogP) is 0.875. The van der Waals surface area contributed by atoms with Crippen LogP contribution in [0.4, 0.5) is 0 Å². The summed E-state index contributed by atoms with van der Waals surface area (Å²) >= 11 is 0. The molecule has 1 aliphatic heterocycles. The topological polar surface area (TPSA) is 59.9 Å². The Hall–Kier alpha value is -1.07. The van der Waals surface area contributed by atoms with E-state index in [2.05, 4.69) is 20.5 Å². The molecule has 0 aromatic carbocycles. The van der Waals surface area contributed by atoms with E-state index in [-0.39, 0.29) is 6.10 Å². The van der Waals surface area contributed by atoms with E-state index in [0.29, 0.717) is 0 Å². The van der Waals surface area contributed by atoms with Crippen molar-refractivity contribution in [2.45, 2.75) is 31.8 Å². The van der Waals surface area contributed by atoms with Crippen LogP contribution in [0, 0.1) is 0 Å². The number of rotatable bonds is 4. The molecule has 1 aliphatic rings. The summed E-state index contributed by atoms with van der Waals surface area (Å²) in [6, 6.07) is 0. The fraction of sp³-hybridized carbons (Fsp3) is 0.727. The molecule has 2 heterocycles. The summed E-state index contributed by atoms with van der Waals surface area (Å²) in [5.41, 5.74) is 0.931. The van der Waals surface area contributed by atoms with Crippen molar-refractivity contribution in [1.29, 1.82) is 0 Å². The molecule has 1 unspecified atom stereocenters. The highest BCUT2D eigenvalue weighted by Gasteiger charge is 2.18. The van der Waals surface area contributed by atoms with E-state index in [4.69, 9.17) is 4.74 Å². The van der Waals surface area contributed by atoms with Crippen molar-refractivity contribution >= 4 is 0 Å². The van der Waals surface area contributed by atoms with Gasteiger partial charge in [0.25, 0.3) is 0 Å². The Morgan fingerprint density at radius 2 is 2.44 bits per heavy atom. The Morgan fingerprint density at radius 3 is 3.19 bits per heavy atom. The lowest BCUT2D eigenvalue weighted by Crippen LogP contribution is -2.17. The molecular formula is C11H18N4O. The van der Waals surface area contributed by atoms with Gasteiger partial charge in [-0.15, -0.1) is 5.10 Å². The predicted molar refractivity (Wildman–Crippen MR) is 60.0 cm³/mol. The maximum absolute atomic E-state index is 5.68. The van der Waals surface area contributed by atoms with Gasteiger partial charge in [0.05, 0.1) is 11.9 Å². The number of ether oxygens (including phenoxy) is 1.